The molecule has 2 saturated heterocycles. The smallest absolute Gasteiger partial charge is 0.255 e. The van der Waals surface area contributed by atoms with Crippen LogP contribution in [0.3, 0.4) is 0 Å². The molecule has 2 aliphatic heterocycles. The maximum atomic E-state index is 13.2. The molecule has 0 spiro atoms. The highest BCUT2D eigenvalue weighted by atomic mass is 19.1. The van der Waals surface area contributed by atoms with Crippen molar-refractivity contribution in [1.82, 2.24) is 55.1 Å². The van der Waals surface area contributed by atoms with Gasteiger partial charge in [0.2, 0.25) is 0 Å². The van der Waals surface area contributed by atoms with Crippen LogP contribution in [0.2, 0.25) is 0 Å². The van der Waals surface area contributed by atoms with Crippen molar-refractivity contribution in [3.05, 3.63) is 306 Å². The van der Waals surface area contributed by atoms with Gasteiger partial charge in [0.25, 0.3) is 17.7 Å². The number of halogens is 1. The van der Waals surface area contributed by atoms with Gasteiger partial charge in [-0.05, 0) is 142 Å². The number of fused-ring (bicyclic) bond motifs is 3. The van der Waals surface area contributed by atoms with Crippen molar-refractivity contribution >= 4 is 120 Å². The first-order chi connectivity index (χ1) is 52.9. The number of carbonyl (C=O) groups is 6. The van der Waals surface area contributed by atoms with Gasteiger partial charge in [0.15, 0.2) is 17.3 Å². The Kier molecular flexibility index (Phi) is 22.2. The number of H-pyrrole nitrogens is 3. The first-order valence-corrected chi connectivity index (χ1v) is 35.1. The van der Waals surface area contributed by atoms with Gasteiger partial charge in [0, 0.05) is 106 Å². The average molecular weight is 1440 g/mol. The lowest BCUT2D eigenvalue weighted by Gasteiger charge is -2.28. The van der Waals surface area contributed by atoms with Gasteiger partial charge in [-0.2, -0.15) is 0 Å². The molecule has 538 valence electrons. The molecule has 8 aromatic carbocycles. The summed E-state index contributed by atoms with van der Waals surface area (Å²) < 4.78 is 18.5. The van der Waals surface area contributed by atoms with Crippen LogP contribution in [0.15, 0.2) is 250 Å². The lowest BCUT2D eigenvalue weighted by Crippen LogP contribution is -2.36. The predicted octanol–water partition coefficient (Wildman–Crippen LogP) is 14.5. The molecule has 0 bridgehead atoms. The van der Waals surface area contributed by atoms with Gasteiger partial charge in [0.05, 0.1) is 46.1 Å². The van der Waals surface area contributed by atoms with Gasteiger partial charge < -0.3 is 61.4 Å². The number of ketones is 3. The summed E-state index contributed by atoms with van der Waals surface area (Å²) in [5.74, 6) is -0.0601. The Labute approximate surface area is 618 Å². The minimum Gasteiger partial charge on any atom is -0.378 e. The monoisotopic (exact) mass is 1440 g/mol. The number of morpholine rings is 1. The van der Waals surface area contributed by atoms with Crippen molar-refractivity contribution in [1.29, 1.82) is 0 Å². The van der Waals surface area contributed by atoms with Crippen molar-refractivity contribution in [2.24, 2.45) is 0 Å². The van der Waals surface area contributed by atoms with E-state index in [9.17, 15) is 33.2 Å². The Morgan fingerprint density at radius 1 is 0.398 bits per heavy atom. The van der Waals surface area contributed by atoms with Crippen LogP contribution in [0.1, 0.15) is 98.1 Å². The van der Waals surface area contributed by atoms with Crippen LogP contribution in [0.5, 0.6) is 0 Å². The third-order valence-electron chi connectivity index (χ3n) is 18.2. The number of hydrogen-bond acceptors (Lipinski definition) is 18. The summed E-state index contributed by atoms with van der Waals surface area (Å²) >= 11 is 0. The number of aromatic amines is 3. The van der Waals surface area contributed by atoms with Gasteiger partial charge in [-0.1, -0.05) is 109 Å². The van der Waals surface area contributed by atoms with Crippen LogP contribution in [-0.4, -0.2) is 137 Å². The highest BCUT2D eigenvalue weighted by Gasteiger charge is 2.24. The van der Waals surface area contributed by atoms with Gasteiger partial charge in [-0.3, -0.25) is 28.8 Å². The SMILES string of the molecule is O=C(NCCCN1CCCC1)c1cccc(Nc2ncnc3[nH]cc(C(=O)c4ccccc4)c23)c1.O=C(Nc1ccc(F)cc1)c1cccc(Nc2ncnc3[nH]cc(C(=O)c4ccccc4)c23)c1.O=C(Nc1ccc(N2CCOCC2)cc1)c1cccc(Nc2ncnc3[nH]cc(C(=O)c4ccccc4)c23)c1. The van der Waals surface area contributed by atoms with Crippen molar-refractivity contribution < 1.29 is 37.9 Å². The van der Waals surface area contributed by atoms with E-state index in [-0.39, 0.29) is 40.9 Å². The Balaban J connectivity index is 0.000000136. The van der Waals surface area contributed by atoms with Gasteiger partial charge in [0.1, 0.15) is 59.2 Å². The van der Waals surface area contributed by atoms with Crippen LogP contribution < -0.4 is 36.8 Å². The number of aromatic nitrogens is 9. The summed E-state index contributed by atoms with van der Waals surface area (Å²) in [5, 5.41) is 20.2. The largest absolute Gasteiger partial charge is 0.378 e. The van der Waals surface area contributed by atoms with Crippen LogP contribution in [-0.2, 0) is 4.74 Å². The van der Waals surface area contributed by atoms with E-state index in [4.69, 9.17) is 4.74 Å². The number of amides is 3. The molecule has 2 fully saturated rings. The maximum absolute atomic E-state index is 13.2. The molecule has 0 aliphatic carbocycles. The Morgan fingerprint density at radius 2 is 0.769 bits per heavy atom. The summed E-state index contributed by atoms with van der Waals surface area (Å²) in [7, 11) is 0. The van der Waals surface area contributed by atoms with Crippen molar-refractivity contribution in [2.75, 3.05) is 84.0 Å². The lowest BCUT2D eigenvalue weighted by atomic mass is 10.0. The minimum atomic E-state index is -0.379. The van der Waals surface area contributed by atoms with E-state index < -0.39 is 0 Å². The highest BCUT2D eigenvalue weighted by molar-refractivity contribution is 6.20. The normalized spacial score (nSPS) is 12.6. The van der Waals surface area contributed by atoms with Gasteiger partial charge >= 0.3 is 0 Å². The van der Waals surface area contributed by atoms with E-state index in [0.717, 1.165) is 58.0 Å². The molecule has 108 heavy (non-hydrogen) atoms. The summed E-state index contributed by atoms with van der Waals surface area (Å²) in [6.07, 6.45) is 12.7. The standard InChI is InChI=1S/C30H26N6O3.C27H28N6O2.C26H18FN5O2/c37-27(20-5-2-1-3-6-20)25-18-31-28-26(25)29(33-19-32-28)34-23-8-4-7-21(17-23)30(38)35-22-9-11-24(12-10-22)36-13-15-39-16-14-36;34-24(19-8-2-1-3-9-19)22-17-29-25-23(22)26(31-18-30-25)32-21-11-6-10-20(16-21)27(35)28-12-7-15-33-13-4-5-14-33;27-18-9-11-19(12-10-18)32-26(34)17-7-4-8-20(13-17)31-25-22-21(14-28-24(22)29-15-30-25)23(33)16-5-2-1-3-6-16/h1-12,17-19H,13-16H2,(H,35,38)(H2,31,32,33,34);1-3,6,8-11,16-18H,4-5,7,12-15H2,(H,28,35)(H2,29,30,31,32);1-15H,(H,32,34)(H2,28,29,30,31). The predicted molar refractivity (Wildman–Crippen MR) is 415 cm³/mol. The minimum absolute atomic E-state index is 0.107. The molecule has 16 rings (SSSR count). The second-order valence-corrected chi connectivity index (χ2v) is 25.4. The second-order valence-electron chi connectivity index (χ2n) is 25.4. The molecule has 0 atom stereocenters. The van der Waals surface area contributed by atoms with Gasteiger partial charge in [-0.15, -0.1) is 0 Å². The highest BCUT2D eigenvalue weighted by Crippen LogP contribution is 2.33. The maximum Gasteiger partial charge on any atom is 0.255 e. The van der Waals surface area contributed by atoms with Crippen LogP contribution >= 0.6 is 0 Å². The van der Waals surface area contributed by atoms with Crippen molar-refractivity contribution in [2.45, 2.75) is 19.3 Å². The molecule has 6 aromatic heterocycles. The molecule has 0 radical (unpaired) electrons. The van der Waals surface area contributed by atoms with E-state index in [0.29, 0.717) is 136 Å². The third-order valence-corrected chi connectivity index (χ3v) is 18.2. The fourth-order valence-corrected chi connectivity index (χ4v) is 12.7. The molecule has 0 unspecified atom stereocenters. The first-order valence-electron chi connectivity index (χ1n) is 35.1. The lowest BCUT2D eigenvalue weighted by molar-refractivity contribution is 0.0949. The van der Waals surface area contributed by atoms with E-state index in [2.05, 4.69) is 86.6 Å². The zero-order chi connectivity index (χ0) is 74.1. The van der Waals surface area contributed by atoms with Gasteiger partial charge in [-0.25, -0.2) is 34.3 Å². The van der Waals surface area contributed by atoms with Crippen molar-refractivity contribution in [3.8, 4) is 0 Å². The van der Waals surface area contributed by atoms with Crippen LogP contribution in [0, 0.1) is 5.82 Å². The number of likely N-dealkylation sites (tertiary alicyclic amines) is 1. The molecular formula is C83H72FN17O7. The van der Waals surface area contributed by atoms with Crippen molar-refractivity contribution in [3.63, 3.8) is 0 Å². The molecule has 2 aliphatic rings. The summed E-state index contributed by atoms with van der Waals surface area (Å²) in [6.45, 7) is 7.15. The number of carbonyl (C=O) groups excluding carboxylic acids is 6. The topological polar surface area (TPSA) is 315 Å². The quantitative estimate of drug-likeness (QED) is 0.0225. The molecule has 24 nitrogen and oxygen atoms in total. The number of hydrogen-bond donors (Lipinski definition) is 9. The van der Waals surface area contributed by atoms with E-state index in [1.807, 2.05) is 84.9 Å². The van der Waals surface area contributed by atoms with E-state index in [1.54, 1.807) is 122 Å². The number of anilines is 9. The van der Waals surface area contributed by atoms with Crippen LogP contribution in [0.25, 0.3) is 33.1 Å². The number of nitrogens with one attached hydrogen (secondary N) is 9. The Bertz CT molecular complexity index is 5530. The fraction of sp³-hybridized carbons (Fsp3) is 0.133. The summed E-state index contributed by atoms with van der Waals surface area (Å²) in [6, 6.07) is 61.7. The van der Waals surface area contributed by atoms with Crippen LogP contribution in [0.4, 0.5) is 56.0 Å². The average Bonchev–Trinajstić information content (AvgIpc) is 1.61. The molecular weight excluding hydrogens is 1370 g/mol. The molecule has 3 amide bonds. The number of nitrogens with zero attached hydrogens (tertiary/aromatic N) is 8. The Hall–Kier alpha value is -13.9. The second kappa shape index (κ2) is 33.7. The zero-order valence-corrected chi connectivity index (χ0v) is 58.3. The molecule has 8 heterocycles. The summed E-state index contributed by atoms with van der Waals surface area (Å²) in [4.78, 5) is 118. The molecule has 14 aromatic rings. The third kappa shape index (κ3) is 17.1. The Morgan fingerprint density at radius 3 is 1.17 bits per heavy atom. The zero-order valence-electron chi connectivity index (χ0n) is 58.3. The summed E-state index contributed by atoms with van der Waals surface area (Å²) in [5.41, 5.74) is 10.4. The number of benzene rings is 8. The fourth-order valence-electron chi connectivity index (χ4n) is 12.7. The van der Waals surface area contributed by atoms with E-state index >= 15 is 0 Å². The molecule has 25 heteroatoms. The molecule has 0 saturated carbocycles. The number of ether oxygens (including phenoxy) is 1. The number of rotatable bonds is 22. The van der Waals surface area contributed by atoms with E-state index in [1.165, 1.54) is 56.1 Å². The molecule has 9 N–H and O–H groups in total. The first kappa shape index (κ1) is 71.1.